The Morgan fingerprint density at radius 1 is 1.38 bits per heavy atom. The van der Waals surface area contributed by atoms with Gasteiger partial charge >= 0.3 is 0 Å². The smallest absolute Gasteiger partial charge is 0.208 e. The average molecular weight is 296 g/mol. The third-order valence-corrected chi connectivity index (χ3v) is 8.04. The maximum absolute atomic E-state index is 13.0. The number of methoxy groups -OCH3 is 1. The zero-order chi connectivity index (χ0) is 15.5. The Morgan fingerprint density at radius 3 is 2.67 bits per heavy atom. The second-order valence-electron chi connectivity index (χ2n) is 7.96. The lowest BCUT2D eigenvalue weighted by atomic mass is 9.35. The SMILES string of the molecule is CO[C@@]12OC[C@@]3(C)[C@@]4(O)CC[C@@H](C)[C@]4(CC(=O)[C@@]13C)[C@H]2O. The molecule has 4 bridgehead atoms. The van der Waals surface area contributed by atoms with Crippen LogP contribution in [0.2, 0.25) is 0 Å². The molecule has 0 radical (unpaired) electrons. The first-order valence-electron chi connectivity index (χ1n) is 7.81. The zero-order valence-corrected chi connectivity index (χ0v) is 13.1. The van der Waals surface area contributed by atoms with Crippen molar-refractivity contribution in [3.63, 3.8) is 0 Å². The highest BCUT2D eigenvalue weighted by Gasteiger charge is 2.91. The van der Waals surface area contributed by atoms with Crippen molar-refractivity contribution in [1.29, 1.82) is 0 Å². The molecule has 1 heterocycles. The molecule has 1 saturated heterocycles. The van der Waals surface area contributed by atoms with Crippen molar-refractivity contribution in [3.05, 3.63) is 0 Å². The van der Waals surface area contributed by atoms with Crippen molar-refractivity contribution < 1.29 is 24.5 Å². The van der Waals surface area contributed by atoms with Gasteiger partial charge in [0.15, 0.2) is 0 Å². The molecule has 5 heteroatoms. The van der Waals surface area contributed by atoms with Crippen molar-refractivity contribution in [2.75, 3.05) is 13.7 Å². The first-order chi connectivity index (χ1) is 9.68. The number of aliphatic hydroxyl groups excluding tert-OH is 1. The van der Waals surface area contributed by atoms with E-state index in [0.29, 0.717) is 6.42 Å². The van der Waals surface area contributed by atoms with Crippen LogP contribution in [0.1, 0.15) is 40.0 Å². The van der Waals surface area contributed by atoms with E-state index in [1.165, 1.54) is 7.11 Å². The number of hydrogen-bond acceptors (Lipinski definition) is 5. The Balaban J connectivity index is 2.10. The molecule has 4 aliphatic carbocycles. The van der Waals surface area contributed by atoms with Crippen LogP contribution in [0.5, 0.6) is 0 Å². The summed E-state index contributed by atoms with van der Waals surface area (Å²) >= 11 is 0. The molecule has 5 aliphatic rings. The Morgan fingerprint density at radius 2 is 2.05 bits per heavy atom. The lowest BCUT2D eigenvalue weighted by molar-refractivity contribution is -0.375. The van der Waals surface area contributed by atoms with Crippen LogP contribution >= 0.6 is 0 Å². The number of carbonyl (C=O) groups is 1. The van der Waals surface area contributed by atoms with Gasteiger partial charge in [-0.1, -0.05) is 13.8 Å². The molecule has 1 spiro atoms. The molecule has 0 unspecified atom stereocenters. The van der Waals surface area contributed by atoms with E-state index >= 15 is 0 Å². The number of fused-ring (bicyclic) bond motifs is 1. The number of carbonyl (C=O) groups excluding carboxylic acids is 1. The number of rotatable bonds is 1. The van der Waals surface area contributed by atoms with E-state index in [1.807, 2.05) is 13.8 Å². The van der Waals surface area contributed by atoms with E-state index < -0.39 is 33.7 Å². The monoisotopic (exact) mass is 296 g/mol. The van der Waals surface area contributed by atoms with Crippen LogP contribution in [0.25, 0.3) is 0 Å². The van der Waals surface area contributed by atoms with Gasteiger partial charge in [-0.3, -0.25) is 4.79 Å². The van der Waals surface area contributed by atoms with Crippen molar-refractivity contribution in [3.8, 4) is 0 Å². The van der Waals surface area contributed by atoms with E-state index in [0.717, 1.165) is 6.42 Å². The van der Waals surface area contributed by atoms with Gasteiger partial charge in [0.1, 0.15) is 11.9 Å². The molecule has 21 heavy (non-hydrogen) atoms. The topological polar surface area (TPSA) is 76.0 Å². The molecule has 0 amide bonds. The summed E-state index contributed by atoms with van der Waals surface area (Å²) in [5, 5.41) is 22.8. The minimum Gasteiger partial charge on any atom is -0.388 e. The van der Waals surface area contributed by atoms with E-state index in [9.17, 15) is 15.0 Å². The van der Waals surface area contributed by atoms with Crippen molar-refractivity contribution >= 4 is 5.78 Å². The molecule has 0 aromatic rings. The number of Topliss-reactive ketones (excluding diaryl/α,β-unsaturated/α-hetero) is 1. The Kier molecular flexibility index (Phi) is 2.27. The summed E-state index contributed by atoms with van der Waals surface area (Å²) < 4.78 is 11.6. The Bertz CT molecular complexity index is 549. The first-order valence-corrected chi connectivity index (χ1v) is 7.81. The molecular weight excluding hydrogens is 272 g/mol. The summed E-state index contributed by atoms with van der Waals surface area (Å²) in [4.78, 5) is 13.0. The zero-order valence-electron chi connectivity index (χ0n) is 13.1. The standard InChI is InChI=1S/C16H24O5/c1-9-5-6-15(19)12(2)8-21-16(20-4)11(18)14(9,15)7-10(17)13(12,16)3/h9,11,18-19H,5-8H2,1-4H3/t9-,11-,12-,13-,14-,15+,16+/m1/s1. The lowest BCUT2D eigenvalue weighted by Crippen LogP contribution is -2.84. The van der Waals surface area contributed by atoms with E-state index in [2.05, 4.69) is 0 Å². The van der Waals surface area contributed by atoms with Gasteiger partial charge < -0.3 is 19.7 Å². The van der Waals surface area contributed by atoms with Gasteiger partial charge in [0, 0.05) is 24.4 Å². The van der Waals surface area contributed by atoms with Crippen LogP contribution in [-0.2, 0) is 14.3 Å². The molecule has 5 fully saturated rings. The fourth-order valence-electron chi connectivity index (χ4n) is 6.49. The highest BCUT2D eigenvalue weighted by Crippen LogP contribution is 2.80. The molecular formula is C16H24O5. The van der Waals surface area contributed by atoms with Gasteiger partial charge in [-0.15, -0.1) is 0 Å². The molecule has 5 rings (SSSR count). The fourth-order valence-corrected chi connectivity index (χ4v) is 6.49. The van der Waals surface area contributed by atoms with E-state index in [1.54, 1.807) is 6.92 Å². The van der Waals surface area contributed by atoms with Crippen LogP contribution in [0.3, 0.4) is 0 Å². The summed E-state index contributed by atoms with van der Waals surface area (Å²) in [6.45, 7) is 6.00. The molecule has 2 N–H and O–H groups in total. The number of aliphatic hydroxyl groups is 2. The molecule has 5 nitrogen and oxygen atoms in total. The van der Waals surface area contributed by atoms with Crippen LogP contribution in [-0.4, -0.2) is 47.2 Å². The van der Waals surface area contributed by atoms with Crippen molar-refractivity contribution in [1.82, 2.24) is 0 Å². The van der Waals surface area contributed by atoms with Crippen LogP contribution in [0, 0.1) is 22.2 Å². The highest BCUT2D eigenvalue weighted by molar-refractivity contribution is 5.91. The second kappa shape index (κ2) is 3.37. The molecule has 118 valence electrons. The first kappa shape index (κ1) is 14.1. The summed E-state index contributed by atoms with van der Waals surface area (Å²) in [5.41, 5.74) is -3.69. The largest absolute Gasteiger partial charge is 0.388 e. The van der Waals surface area contributed by atoms with E-state index in [-0.39, 0.29) is 24.7 Å². The third-order valence-electron chi connectivity index (χ3n) is 8.04. The number of ether oxygens (including phenoxy) is 2. The van der Waals surface area contributed by atoms with E-state index in [4.69, 9.17) is 9.47 Å². The highest BCUT2D eigenvalue weighted by atomic mass is 16.7. The predicted octanol–water partition coefficient (Wildman–Crippen LogP) is 0.867. The Hall–Kier alpha value is -0.490. The molecule has 1 aliphatic heterocycles. The number of hydrogen-bond donors (Lipinski definition) is 2. The van der Waals surface area contributed by atoms with Crippen LogP contribution in [0.15, 0.2) is 0 Å². The summed E-state index contributed by atoms with van der Waals surface area (Å²) in [6.07, 6.45) is 0.641. The molecule has 4 saturated carbocycles. The summed E-state index contributed by atoms with van der Waals surface area (Å²) in [6, 6.07) is 0. The summed E-state index contributed by atoms with van der Waals surface area (Å²) in [7, 11) is 1.49. The van der Waals surface area contributed by atoms with Gasteiger partial charge in [-0.25, -0.2) is 0 Å². The lowest BCUT2D eigenvalue weighted by Gasteiger charge is -2.70. The predicted molar refractivity (Wildman–Crippen MR) is 73.3 cm³/mol. The fraction of sp³-hybridized carbons (Fsp3) is 0.938. The normalized spacial score (nSPS) is 65.0. The van der Waals surface area contributed by atoms with Crippen LogP contribution in [0.4, 0.5) is 0 Å². The molecule has 7 atom stereocenters. The van der Waals surface area contributed by atoms with Gasteiger partial charge in [0.25, 0.3) is 0 Å². The van der Waals surface area contributed by atoms with Gasteiger partial charge in [0.05, 0.1) is 17.6 Å². The van der Waals surface area contributed by atoms with Gasteiger partial charge in [0.2, 0.25) is 5.79 Å². The third kappa shape index (κ3) is 0.923. The maximum Gasteiger partial charge on any atom is 0.208 e. The second-order valence-corrected chi connectivity index (χ2v) is 7.96. The van der Waals surface area contributed by atoms with Crippen LogP contribution < -0.4 is 0 Å². The van der Waals surface area contributed by atoms with Gasteiger partial charge in [-0.2, -0.15) is 0 Å². The maximum atomic E-state index is 13.0. The molecule has 0 aromatic carbocycles. The van der Waals surface area contributed by atoms with Gasteiger partial charge in [-0.05, 0) is 25.7 Å². The van der Waals surface area contributed by atoms with Crippen molar-refractivity contribution in [2.45, 2.75) is 57.5 Å². The van der Waals surface area contributed by atoms with Crippen molar-refractivity contribution in [2.24, 2.45) is 22.2 Å². The minimum absolute atomic E-state index is 0.0491. The number of ketones is 1. The average Bonchev–Trinajstić information content (AvgIpc) is 2.84. The Labute approximate surface area is 124 Å². The molecule has 0 aromatic heterocycles. The quantitative estimate of drug-likeness (QED) is 0.751. The summed E-state index contributed by atoms with van der Waals surface area (Å²) in [5.74, 6) is -1.23. The minimum atomic E-state index is -1.33.